The lowest BCUT2D eigenvalue weighted by molar-refractivity contribution is 0.112. The maximum absolute atomic E-state index is 13.0. The molecule has 0 atom stereocenters. The molecule has 1 aromatic heterocycles. The number of aldehydes is 1. The molecular formula is C13H14FN3O. The maximum Gasteiger partial charge on any atom is 0.152 e. The molecule has 0 saturated carbocycles. The number of nitrogens with zero attached hydrogens (tertiary/aromatic N) is 3. The number of hydrogen-bond acceptors (Lipinski definition) is 3. The van der Waals surface area contributed by atoms with Crippen molar-refractivity contribution in [1.82, 2.24) is 9.78 Å². The van der Waals surface area contributed by atoms with Crippen LogP contribution >= 0.6 is 0 Å². The molecule has 0 radical (unpaired) electrons. The summed E-state index contributed by atoms with van der Waals surface area (Å²) < 4.78 is 14.8. The third kappa shape index (κ3) is 2.56. The zero-order valence-electron chi connectivity index (χ0n) is 10.3. The molecule has 4 nitrogen and oxygen atoms in total. The van der Waals surface area contributed by atoms with E-state index in [4.69, 9.17) is 0 Å². The number of carbonyl (C=O) groups is 1. The summed E-state index contributed by atoms with van der Waals surface area (Å²) in [7, 11) is 3.70. The van der Waals surface area contributed by atoms with Crippen molar-refractivity contribution in [1.29, 1.82) is 0 Å². The molecule has 5 heteroatoms. The Kier molecular flexibility index (Phi) is 3.41. The lowest BCUT2D eigenvalue weighted by atomic mass is 10.1. The zero-order valence-corrected chi connectivity index (χ0v) is 10.3. The van der Waals surface area contributed by atoms with Crippen LogP contribution in [0.15, 0.2) is 30.6 Å². The number of aromatic nitrogens is 2. The molecule has 0 aliphatic carbocycles. The lowest BCUT2D eigenvalue weighted by Crippen LogP contribution is -2.17. The Morgan fingerprint density at radius 1 is 1.50 bits per heavy atom. The quantitative estimate of drug-likeness (QED) is 0.776. The van der Waals surface area contributed by atoms with Gasteiger partial charge < -0.3 is 4.90 Å². The third-order valence-electron chi connectivity index (χ3n) is 2.71. The Labute approximate surface area is 105 Å². The first-order valence-corrected chi connectivity index (χ1v) is 5.53. The van der Waals surface area contributed by atoms with E-state index in [9.17, 15) is 9.18 Å². The zero-order chi connectivity index (χ0) is 13.1. The van der Waals surface area contributed by atoms with Gasteiger partial charge in [-0.2, -0.15) is 5.10 Å². The van der Waals surface area contributed by atoms with Crippen LogP contribution in [0.5, 0.6) is 0 Å². The van der Waals surface area contributed by atoms with Crippen molar-refractivity contribution in [3.05, 3.63) is 47.5 Å². The standard InChI is InChI=1S/C13H14FN3O/c1-16(7-10-6-15-17(2)8-10)13-4-3-12(14)5-11(13)9-18/h3-6,8-9H,7H2,1-2H3. The minimum Gasteiger partial charge on any atom is -0.370 e. The monoisotopic (exact) mass is 247 g/mol. The van der Waals surface area contributed by atoms with Crippen molar-refractivity contribution in [3.8, 4) is 0 Å². The first kappa shape index (κ1) is 12.3. The van der Waals surface area contributed by atoms with Gasteiger partial charge in [0, 0.05) is 43.7 Å². The highest BCUT2D eigenvalue weighted by atomic mass is 19.1. The van der Waals surface area contributed by atoms with Gasteiger partial charge in [0.15, 0.2) is 6.29 Å². The second kappa shape index (κ2) is 5.00. The number of rotatable bonds is 4. The van der Waals surface area contributed by atoms with Crippen molar-refractivity contribution < 1.29 is 9.18 Å². The van der Waals surface area contributed by atoms with Crippen molar-refractivity contribution in [3.63, 3.8) is 0 Å². The molecule has 0 spiro atoms. The van der Waals surface area contributed by atoms with Gasteiger partial charge in [-0.3, -0.25) is 9.48 Å². The van der Waals surface area contributed by atoms with Crippen LogP contribution in [0.1, 0.15) is 15.9 Å². The van der Waals surface area contributed by atoms with E-state index < -0.39 is 5.82 Å². The van der Waals surface area contributed by atoms with Crippen LogP contribution in [-0.2, 0) is 13.6 Å². The highest BCUT2D eigenvalue weighted by Crippen LogP contribution is 2.20. The second-order valence-corrected chi connectivity index (χ2v) is 4.20. The van der Waals surface area contributed by atoms with Gasteiger partial charge in [0.05, 0.1) is 6.20 Å². The molecule has 0 aliphatic rings. The molecule has 0 fully saturated rings. The molecule has 0 N–H and O–H groups in total. The SMILES string of the molecule is CN(Cc1cnn(C)c1)c1ccc(F)cc1C=O. The fourth-order valence-electron chi connectivity index (χ4n) is 1.88. The van der Waals surface area contributed by atoms with Crippen LogP contribution in [0, 0.1) is 5.82 Å². The first-order chi connectivity index (χ1) is 8.60. The fourth-order valence-corrected chi connectivity index (χ4v) is 1.88. The maximum atomic E-state index is 13.0. The van der Waals surface area contributed by atoms with Gasteiger partial charge in [-0.05, 0) is 18.2 Å². The van der Waals surface area contributed by atoms with Gasteiger partial charge in [0.25, 0.3) is 0 Å². The smallest absolute Gasteiger partial charge is 0.152 e. The molecule has 0 saturated heterocycles. The van der Waals surface area contributed by atoms with Crippen molar-refractivity contribution >= 4 is 12.0 Å². The molecule has 2 aromatic rings. The van der Waals surface area contributed by atoms with Crippen molar-refractivity contribution in [2.45, 2.75) is 6.54 Å². The van der Waals surface area contributed by atoms with Gasteiger partial charge in [0.2, 0.25) is 0 Å². The van der Waals surface area contributed by atoms with E-state index in [1.807, 2.05) is 25.2 Å². The Bertz CT molecular complexity index is 565. The van der Waals surface area contributed by atoms with Gasteiger partial charge >= 0.3 is 0 Å². The fraction of sp³-hybridized carbons (Fsp3) is 0.231. The predicted octanol–water partition coefficient (Wildman–Crippen LogP) is 2.01. The Morgan fingerprint density at radius 2 is 2.28 bits per heavy atom. The van der Waals surface area contributed by atoms with Crippen LogP contribution in [-0.4, -0.2) is 23.1 Å². The summed E-state index contributed by atoms with van der Waals surface area (Å²) in [5.41, 5.74) is 2.08. The van der Waals surface area contributed by atoms with E-state index in [2.05, 4.69) is 5.10 Å². The minimum atomic E-state index is -0.407. The normalized spacial score (nSPS) is 10.4. The molecule has 0 aliphatic heterocycles. The summed E-state index contributed by atoms with van der Waals surface area (Å²) in [6.45, 7) is 0.611. The molecule has 2 rings (SSSR count). The average molecular weight is 247 g/mol. The molecule has 0 bridgehead atoms. The largest absolute Gasteiger partial charge is 0.370 e. The Hall–Kier alpha value is -2.17. The Morgan fingerprint density at radius 3 is 2.89 bits per heavy atom. The van der Waals surface area contributed by atoms with Crippen LogP contribution < -0.4 is 4.90 Å². The van der Waals surface area contributed by atoms with E-state index in [1.165, 1.54) is 12.1 Å². The molecule has 18 heavy (non-hydrogen) atoms. The van der Waals surface area contributed by atoms with Gasteiger partial charge in [-0.15, -0.1) is 0 Å². The number of carbonyl (C=O) groups excluding carboxylic acids is 1. The van der Waals surface area contributed by atoms with E-state index >= 15 is 0 Å². The van der Waals surface area contributed by atoms with Crippen LogP contribution in [0.3, 0.4) is 0 Å². The molecule has 0 unspecified atom stereocenters. The highest BCUT2D eigenvalue weighted by Gasteiger charge is 2.09. The van der Waals surface area contributed by atoms with Crippen LogP contribution in [0.4, 0.5) is 10.1 Å². The summed E-state index contributed by atoms with van der Waals surface area (Å²) in [5.74, 6) is -0.407. The van der Waals surface area contributed by atoms with Gasteiger partial charge in [-0.1, -0.05) is 0 Å². The average Bonchev–Trinajstić information content (AvgIpc) is 2.74. The summed E-state index contributed by atoms with van der Waals surface area (Å²) in [5, 5.41) is 4.08. The number of benzene rings is 1. The third-order valence-corrected chi connectivity index (χ3v) is 2.71. The molecule has 94 valence electrons. The van der Waals surface area contributed by atoms with Crippen molar-refractivity contribution in [2.75, 3.05) is 11.9 Å². The predicted molar refractivity (Wildman–Crippen MR) is 67.1 cm³/mol. The minimum absolute atomic E-state index is 0.349. The van der Waals surface area contributed by atoms with E-state index in [0.717, 1.165) is 5.56 Å². The molecule has 1 aromatic carbocycles. The lowest BCUT2D eigenvalue weighted by Gasteiger charge is -2.20. The van der Waals surface area contributed by atoms with Crippen LogP contribution in [0.2, 0.25) is 0 Å². The second-order valence-electron chi connectivity index (χ2n) is 4.20. The van der Waals surface area contributed by atoms with Gasteiger partial charge in [-0.25, -0.2) is 4.39 Å². The van der Waals surface area contributed by atoms with E-state index in [-0.39, 0.29) is 0 Å². The summed E-state index contributed by atoms with van der Waals surface area (Å²) in [4.78, 5) is 12.8. The number of halogens is 1. The summed E-state index contributed by atoms with van der Waals surface area (Å²) >= 11 is 0. The number of anilines is 1. The van der Waals surface area contributed by atoms with E-state index in [1.54, 1.807) is 16.9 Å². The van der Waals surface area contributed by atoms with Gasteiger partial charge in [0.1, 0.15) is 5.82 Å². The molecular weight excluding hydrogens is 233 g/mol. The molecule has 1 heterocycles. The summed E-state index contributed by atoms with van der Waals surface area (Å²) in [6, 6.07) is 4.19. The number of aryl methyl sites for hydroxylation is 1. The van der Waals surface area contributed by atoms with Crippen molar-refractivity contribution in [2.24, 2.45) is 7.05 Å². The first-order valence-electron chi connectivity index (χ1n) is 5.53. The molecule has 0 amide bonds. The summed E-state index contributed by atoms with van der Waals surface area (Å²) in [6.07, 6.45) is 4.33. The number of hydrogen-bond donors (Lipinski definition) is 0. The van der Waals surface area contributed by atoms with E-state index in [0.29, 0.717) is 24.1 Å². The topological polar surface area (TPSA) is 38.1 Å². The Balaban J connectivity index is 2.23. The highest BCUT2D eigenvalue weighted by molar-refractivity contribution is 5.84. The van der Waals surface area contributed by atoms with Crippen LogP contribution in [0.25, 0.3) is 0 Å².